The van der Waals surface area contributed by atoms with Crippen molar-refractivity contribution in [2.75, 3.05) is 13.1 Å². The van der Waals surface area contributed by atoms with Gasteiger partial charge >= 0.3 is 5.97 Å². The molecule has 0 saturated carbocycles. The summed E-state index contributed by atoms with van der Waals surface area (Å²) < 4.78 is 13.4. The molecular weight excluding hydrogens is 225 g/mol. The van der Waals surface area contributed by atoms with E-state index in [1.165, 1.54) is 12.1 Å². The minimum Gasteiger partial charge on any atom is -0.504 e. The first-order valence-corrected chi connectivity index (χ1v) is 5.56. The number of rotatable bonds is 2. The van der Waals surface area contributed by atoms with E-state index in [4.69, 9.17) is 5.11 Å². The first kappa shape index (κ1) is 11.9. The van der Waals surface area contributed by atoms with Crippen LogP contribution in [0.3, 0.4) is 0 Å². The maximum Gasteiger partial charge on any atom is 0.339 e. The van der Waals surface area contributed by atoms with Gasteiger partial charge in [-0.1, -0.05) is 0 Å². The Balaban J connectivity index is 2.37. The molecule has 1 saturated heterocycles. The molecule has 0 aromatic heterocycles. The second-order valence-electron chi connectivity index (χ2n) is 4.25. The highest BCUT2D eigenvalue weighted by Crippen LogP contribution is 2.30. The van der Waals surface area contributed by atoms with E-state index in [0.717, 1.165) is 19.4 Å². The summed E-state index contributed by atoms with van der Waals surface area (Å²) in [6.07, 6.45) is 1.88. The van der Waals surface area contributed by atoms with Crippen LogP contribution in [0, 0.1) is 5.82 Å². The quantitative estimate of drug-likeness (QED) is 0.734. The number of halogens is 1. The van der Waals surface area contributed by atoms with Crippen LogP contribution in [-0.2, 0) is 0 Å². The molecule has 0 amide bonds. The van der Waals surface area contributed by atoms with Crippen LogP contribution >= 0.6 is 0 Å². The summed E-state index contributed by atoms with van der Waals surface area (Å²) in [6, 6.07) is 2.58. The molecular formula is C12H14FNO3. The van der Waals surface area contributed by atoms with Crippen molar-refractivity contribution in [3.8, 4) is 5.75 Å². The second-order valence-corrected chi connectivity index (χ2v) is 4.25. The standard InChI is InChI=1S/C12H14FNO3/c13-10-5-8(7-2-1-3-14-6-7)4-9(11(10)15)12(16)17/h4-5,7,14-15H,1-3,6H2,(H,16,17). The normalized spacial score (nSPS) is 20.2. The van der Waals surface area contributed by atoms with Gasteiger partial charge in [0.05, 0.1) is 0 Å². The van der Waals surface area contributed by atoms with E-state index in [1.807, 2.05) is 0 Å². The Morgan fingerprint density at radius 2 is 2.24 bits per heavy atom. The van der Waals surface area contributed by atoms with Gasteiger partial charge in [-0.25, -0.2) is 9.18 Å². The number of phenols is 1. The highest BCUT2D eigenvalue weighted by molar-refractivity contribution is 5.91. The smallest absolute Gasteiger partial charge is 0.339 e. The fourth-order valence-corrected chi connectivity index (χ4v) is 2.16. The predicted molar refractivity (Wildman–Crippen MR) is 59.9 cm³/mol. The number of benzene rings is 1. The molecule has 92 valence electrons. The fraction of sp³-hybridized carbons (Fsp3) is 0.417. The van der Waals surface area contributed by atoms with E-state index >= 15 is 0 Å². The molecule has 0 bridgehead atoms. The molecule has 1 aromatic carbocycles. The molecule has 0 aliphatic carbocycles. The largest absolute Gasteiger partial charge is 0.504 e. The van der Waals surface area contributed by atoms with E-state index in [2.05, 4.69) is 5.32 Å². The molecule has 0 radical (unpaired) electrons. The Labute approximate surface area is 98.1 Å². The molecule has 1 aliphatic heterocycles. The second kappa shape index (κ2) is 4.71. The maximum atomic E-state index is 13.4. The monoisotopic (exact) mass is 239 g/mol. The molecule has 17 heavy (non-hydrogen) atoms. The Kier molecular flexibility index (Phi) is 3.28. The Morgan fingerprint density at radius 1 is 1.47 bits per heavy atom. The van der Waals surface area contributed by atoms with Crippen LogP contribution in [0.4, 0.5) is 4.39 Å². The first-order chi connectivity index (χ1) is 8.09. The predicted octanol–water partition coefficient (Wildman–Crippen LogP) is 1.70. The molecule has 0 spiro atoms. The van der Waals surface area contributed by atoms with E-state index in [9.17, 15) is 14.3 Å². The van der Waals surface area contributed by atoms with Crippen molar-refractivity contribution >= 4 is 5.97 Å². The van der Waals surface area contributed by atoms with Crippen LogP contribution in [0.5, 0.6) is 5.75 Å². The SMILES string of the molecule is O=C(O)c1cc(C2CCCNC2)cc(F)c1O. The van der Waals surface area contributed by atoms with Crippen molar-refractivity contribution in [2.45, 2.75) is 18.8 Å². The molecule has 1 aliphatic rings. The van der Waals surface area contributed by atoms with Crippen molar-refractivity contribution in [2.24, 2.45) is 0 Å². The number of aromatic hydroxyl groups is 1. The summed E-state index contributed by atoms with van der Waals surface area (Å²) in [4.78, 5) is 10.9. The summed E-state index contributed by atoms with van der Waals surface area (Å²) in [5.41, 5.74) is 0.260. The average molecular weight is 239 g/mol. The fourth-order valence-electron chi connectivity index (χ4n) is 2.16. The summed E-state index contributed by atoms with van der Waals surface area (Å²) in [6.45, 7) is 1.64. The van der Waals surface area contributed by atoms with Gasteiger partial charge in [0.25, 0.3) is 0 Å². The minimum absolute atomic E-state index is 0.108. The zero-order chi connectivity index (χ0) is 12.4. The van der Waals surface area contributed by atoms with Gasteiger partial charge < -0.3 is 15.5 Å². The molecule has 5 heteroatoms. The number of nitrogens with one attached hydrogen (secondary N) is 1. The zero-order valence-corrected chi connectivity index (χ0v) is 9.24. The lowest BCUT2D eigenvalue weighted by Gasteiger charge is -2.23. The molecule has 4 nitrogen and oxygen atoms in total. The molecule has 1 unspecified atom stereocenters. The van der Waals surface area contributed by atoms with E-state index in [1.54, 1.807) is 0 Å². The summed E-state index contributed by atoms with van der Waals surface area (Å²) in [5, 5.41) is 21.4. The topological polar surface area (TPSA) is 69.6 Å². The number of aromatic carboxylic acids is 1. The van der Waals surface area contributed by atoms with Crippen LogP contribution in [0.15, 0.2) is 12.1 Å². The molecule has 1 atom stereocenters. The number of piperidine rings is 1. The lowest BCUT2D eigenvalue weighted by atomic mass is 9.90. The molecule has 1 fully saturated rings. The van der Waals surface area contributed by atoms with Crippen molar-refractivity contribution in [3.05, 3.63) is 29.1 Å². The number of hydrogen-bond donors (Lipinski definition) is 3. The van der Waals surface area contributed by atoms with Crippen molar-refractivity contribution in [1.82, 2.24) is 5.32 Å². The Morgan fingerprint density at radius 3 is 2.82 bits per heavy atom. The van der Waals surface area contributed by atoms with Gasteiger partial charge in [0, 0.05) is 6.54 Å². The van der Waals surface area contributed by atoms with Gasteiger partial charge in [-0.05, 0) is 43.0 Å². The molecule has 1 heterocycles. The zero-order valence-electron chi connectivity index (χ0n) is 9.24. The van der Waals surface area contributed by atoms with Gasteiger partial charge in [-0.3, -0.25) is 0 Å². The number of carboxylic acid groups (broad SMARTS) is 1. The van der Waals surface area contributed by atoms with Gasteiger partial charge in [0.1, 0.15) is 5.56 Å². The third-order valence-corrected chi connectivity index (χ3v) is 3.08. The number of hydrogen-bond acceptors (Lipinski definition) is 3. The lowest BCUT2D eigenvalue weighted by molar-refractivity contribution is 0.0692. The van der Waals surface area contributed by atoms with Crippen molar-refractivity contribution in [3.63, 3.8) is 0 Å². The average Bonchev–Trinajstić information content (AvgIpc) is 2.33. The van der Waals surface area contributed by atoms with Gasteiger partial charge in [-0.15, -0.1) is 0 Å². The molecule has 2 rings (SSSR count). The Bertz CT molecular complexity index is 442. The lowest BCUT2D eigenvalue weighted by Crippen LogP contribution is -2.28. The summed E-state index contributed by atoms with van der Waals surface area (Å²) in [5.74, 6) is -2.86. The van der Waals surface area contributed by atoms with E-state index in [-0.39, 0.29) is 11.5 Å². The van der Waals surface area contributed by atoms with Crippen molar-refractivity contribution < 1.29 is 19.4 Å². The minimum atomic E-state index is -1.31. The van der Waals surface area contributed by atoms with Crippen LogP contribution in [0.25, 0.3) is 0 Å². The van der Waals surface area contributed by atoms with Crippen LogP contribution < -0.4 is 5.32 Å². The Hall–Kier alpha value is -1.62. The van der Waals surface area contributed by atoms with Gasteiger partial charge in [-0.2, -0.15) is 0 Å². The van der Waals surface area contributed by atoms with Crippen LogP contribution in [0.2, 0.25) is 0 Å². The third-order valence-electron chi connectivity index (χ3n) is 3.08. The summed E-state index contributed by atoms with van der Waals surface area (Å²) >= 11 is 0. The molecule has 1 aromatic rings. The van der Waals surface area contributed by atoms with E-state index < -0.39 is 17.5 Å². The highest BCUT2D eigenvalue weighted by atomic mass is 19.1. The first-order valence-electron chi connectivity index (χ1n) is 5.56. The van der Waals surface area contributed by atoms with Crippen molar-refractivity contribution in [1.29, 1.82) is 0 Å². The third kappa shape index (κ3) is 2.39. The number of carboxylic acids is 1. The number of carbonyl (C=O) groups is 1. The summed E-state index contributed by atoms with van der Waals surface area (Å²) in [7, 11) is 0. The molecule has 3 N–H and O–H groups in total. The van der Waals surface area contributed by atoms with Gasteiger partial charge in [0.2, 0.25) is 0 Å². The van der Waals surface area contributed by atoms with Crippen LogP contribution in [-0.4, -0.2) is 29.3 Å². The maximum absolute atomic E-state index is 13.4. The van der Waals surface area contributed by atoms with E-state index in [0.29, 0.717) is 12.1 Å². The highest BCUT2D eigenvalue weighted by Gasteiger charge is 2.21. The van der Waals surface area contributed by atoms with Crippen LogP contribution in [0.1, 0.15) is 34.7 Å². The van der Waals surface area contributed by atoms with Gasteiger partial charge in [0.15, 0.2) is 11.6 Å².